The molecule has 0 aliphatic carbocycles. The molecule has 6 heteroatoms. The molecule has 3 aromatic rings. The van der Waals surface area contributed by atoms with Crippen molar-refractivity contribution in [1.82, 2.24) is 14.3 Å². The quantitative estimate of drug-likeness (QED) is 0.343. The fraction of sp³-hybridized carbons (Fsp3) is 0.261. The average molecular weight is 388 g/mol. The van der Waals surface area contributed by atoms with Crippen LogP contribution in [0.3, 0.4) is 0 Å². The summed E-state index contributed by atoms with van der Waals surface area (Å²) in [6.07, 6.45) is 6.20. The summed E-state index contributed by atoms with van der Waals surface area (Å²) >= 11 is 0. The van der Waals surface area contributed by atoms with Gasteiger partial charge in [0.2, 0.25) is 0 Å². The summed E-state index contributed by atoms with van der Waals surface area (Å²) in [4.78, 5) is 12.4. The first kappa shape index (κ1) is 20.2. The van der Waals surface area contributed by atoms with E-state index in [4.69, 9.17) is 4.74 Å². The Labute approximate surface area is 170 Å². The van der Waals surface area contributed by atoms with Crippen LogP contribution in [-0.4, -0.2) is 20.3 Å². The molecule has 6 nitrogen and oxygen atoms in total. The summed E-state index contributed by atoms with van der Waals surface area (Å²) < 4.78 is 9.29. The van der Waals surface area contributed by atoms with Crippen LogP contribution in [0.4, 0.5) is 0 Å². The minimum absolute atomic E-state index is 0.00471. The lowest BCUT2D eigenvalue weighted by Gasteiger charge is -2.07. The van der Waals surface area contributed by atoms with Crippen molar-refractivity contribution in [2.75, 3.05) is 0 Å². The van der Waals surface area contributed by atoms with E-state index in [1.165, 1.54) is 0 Å². The van der Waals surface area contributed by atoms with Crippen LogP contribution in [0.15, 0.2) is 54.4 Å². The SMILES string of the molecule is CCCn1c(C)cc(/C=C(\C#N)C(=O)OCc2ccc(-n3cccn3)cc2)c1C. The summed E-state index contributed by atoms with van der Waals surface area (Å²) in [6.45, 7) is 7.15. The Kier molecular flexibility index (Phi) is 6.30. The lowest BCUT2D eigenvalue weighted by atomic mass is 10.1. The molecule has 2 aromatic heterocycles. The van der Waals surface area contributed by atoms with Crippen LogP contribution in [0, 0.1) is 25.2 Å². The van der Waals surface area contributed by atoms with Crippen LogP contribution in [0.1, 0.15) is 35.9 Å². The van der Waals surface area contributed by atoms with Gasteiger partial charge in [0.25, 0.3) is 0 Å². The molecule has 0 saturated heterocycles. The highest BCUT2D eigenvalue weighted by Gasteiger charge is 2.14. The Bertz CT molecular complexity index is 1050. The molecule has 0 aliphatic rings. The number of hydrogen-bond acceptors (Lipinski definition) is 4. The van der Waals surface area contributed by atoms with Crippen molar-refractivity contribution >= 4 is 12.0 Å². The molecular weight excluding hydrogens is 364 g/mol. The number of aromatic nitrogens is 3. The molecule has 0 N–H and O–H groups in total. The fourth-order valence-corrected chi connectivity index (χ4v) is 3.23. The second-order valence-electron chi connectivity index (χ2n) is 6.84. The normalized spacial score (nSPS) is 11.3. The standard InChI is InChI=1S/C23H24N4O2/c1-4-11-26-17(2)13-20(18(26)3)14-21(15-24)23(28)29-16-19-6-8-22(9-7-19)27-12-5-10-25-27/h5-10,12-14H,4,11,16H2,1-3H3/b21-14+. The molecule has 3 rings (SSSR count). The van der Waals surface area contributed by atoms with Gasteiger partial charge in [-0.05, 0) is 61.7 Å². The van der Waals surface area contributed by atoms with Crippen molar-refractivity contribution in [2.45, 2.75) is 40.3 Å². The van der Waals surface area contributed by atoms with Crippen LogP contribution in [-0.2, 0) is 22.7 Å². The molecule has 1 aromatic carbocycles. The highest BCUT2D eigenvalue weighted by Crippen LogP contribution is 2.19. The van der Waals surface area contributed by atoms with E-state index in [1.807, 2.05) is 62.5 Å². The highest BCUT2D eigenvalue weighted by molar-refractivity contribution is 5.98. The summed E-state index contributed by atoms with van der Waals surface area (Å²) in [6, 6.07) is 13.4. The second kappa shape index (κ2) is 9.07. The van der Waals surface area contributed by atoms with Crippen LogP contribution in [0.2, 0.25) is 0 Å². The van der Waals surface area contributed by atoms with E-state index in [1.54, 1.807) is 17.0 Å². The van der Waals surface area contributed by atoms with Crippen molar-refractivity contribution in [3.8, 4) is 11.8 Å². The first-order valence-electron chi connectivity index (χ1n) is 9.58. The molecule has 2 heterocycles. The van der Waals surface area contributed by atoms with Gasteiger partial charge in [-0.25, -0.2) is 9.48 Å². The van der Waals surface area contributed by atoms with Crippen LogP contribution < -0.4 is 0 Å². The van der Waals surface area contributed by atoms with Gasteiger partial charge >= 0.3 is 5.97 Å². The molecule has 0 amide bonds. The first-order chi connectivity index (χ1) is 14.0. The number of ether oxygens (including phenoxy) is 1. The maximum absolute atomic E-state index is 12.4. The Morgan fingerprint density at radius 3 is 2.66 bits per heavy atom. The maximum Gasteiger partial charge on any atom is 0.349 e. The van der Waals surface area contributed by atoms with E-state index < -0.39 is 5.97 Å². The van der Waals surface area contributed by atoms with E-state index in [0.29, 0.717) is 0 Å². The number of benzene rings is 1. The van der Waals surface area contributed by atoms with Gasteiger partial charge in [-0.2, -0.15) is 10.4 Å². The summed E-state index contributed by atoms with van der Waals surface area (Å²) in [5, 5.41) is 13.6. The Morgan fingerprint density at radius 2 is 2.03 bits per heavy atom. The van der Waals surface area contributed by atoms with Crippen molar-refractivity contribution in [3.63, 3.8) is 0 Å². The number of hydrogen-bond donors (Lipinski definition) is 0. The van der Waals surface area contributed by atoms with E-state index in [2.05, 4.69) is 16.6 Å². The smallest absolute Gasteiger partial charge is 0.349 e. The largest absolute Gasteiger partial charge is 0.457 e. The number of rotatable bonds is 7. The summed E-state index contributed by atoms with van der Waals surface area (Å²) in [5.41, 5.74) is 4.78. The lowest BCUT2D eigenvalue weighted by Crippen LogP contribution is -2.07. The van der Waals surface area contributed by atoms with E-state index >= 15 is 0 Å². The summed E-state index contributed by atoms with van der Waals surface area (Å²) in [5.74, 6) is -0.621. The topological polar surface area (TPSA) is 72.8 Å². The zero-order valence-corrected chi connectivity index (χ0v) is 16.9. The minimum atomic E-state index is -0.621. The number of nitriles is 1. The third-order valence-electron chi connectivity index (χ3n) is 4.78. The number of nitrogens with zero attached hydrogens (tertiary/aromatic N) is 4. The number of esters is 1. The molecule has 29 heavy (non-hydrogen) atoms. The second-order valence-corrected chi connectivity index (χ2v) is 6.84. The van der Waals surface area contributed by atoms with Crippen LogP contribution >= 0.6 is 0 Å². The lowest BCUT2D eigenvalue weighted by molar-refractivity contribution is -0.139. The maximum atomic E-state index is 12.4. The van der Waals surface area contributed by atoms with E-state index in [-0.39, 0.29) is 12.2 Å². The van der Waals surface area contributed by atoms with Gasteiger partial charge in [0.05, 0.1) is 5.69 Å². The number of carbonyl (C=O) groups is 1. The monoisotopic (exact) mass is 388 g/mol. The molecule has 0 atom stereocenters. The van der Waals surface area contributed by atoms with Gasteiger partial charge in [0, 0.05) is 30.3 Å². The summed E-state index contributed by atoms with van der Waals surface area (Å²) in [7, 11) is 0. The fourth-order valence-electron chi connectivity index (χ4n) is 3.23. The molecule has 148 valence electrons. The minimum Gasteiger partial charge on any atom is -0.457 e. The highest BCUT2D eigenvalue weighted by atomic mass is 16.5. The van der Waals surface area contributed by atoms with Crippen LogP contribution in [0.25, 0.3) is 11.8 Å². The number of aryl methyl sites for hydroxylation is 1. The molecule has 0 aliphatic heterocycles. The zero-order chi connectivity index (χ0) is 20.8. The zero-order valence-electron chi connectivity index (χ0n) is 16.9. The van der Waals surface area contributed by atoms with Crippen molar-refractivity contribution < 1.29 is 9.53 Å². The van der Waals surface area contributed by atoms with Gasteiger partial charge in [0.1, 0.15) is 18.2 Å². The molecule has 0 unspecified atom stereocenters. The van der Waals surface area contributed by atoms with Crippen molar-refractivity contribution in [2.24, 2.45) is 0 Å². The predicted molar refractivity (Wildman–Crippen MR) is 111 cm³/mol. The van der Waals surface area contributed by atoms with Gasteiger partial charge in [-0.15, -0.1) is 0 Å². The molecule has 0 bridgehead atoms. The van der Waals surface area contributed by atoms with Gasteiger partial charge in [-0.1, -0.05) is 19.1 Å². The molecule has 0 radical (unpaired) electrons. The number of carbonyl (C=O) groups excluding carboxylic acids is 1. The van der Waals surface area contributed by atoms with Crippen LogP contribution in [0.5, 0.6) is 0 Å². The molecule has 0 fully saturated rings. The van der Waals surface area contributed by atoms with Gasteiger partial charge < -0.3 is 9.30 Å². The molecule has 0 saturated carbocycles. The average Bonchev–Trinajstić information content (AvgIpc) is 3.35. The van der Waals surface area contributed by atoms with Gasteiger partial charge in [0.15, 0.2) is 0 Å². The third kappa shape index (κ3) is 4.64. The molecular formula is C23H24N4O2. The third-order valence-corrected chi connectivity index (χ3v) is 4.78. The van der Waals surface area contributed by atoms with E-state index in [0.717, 1.165) is 41.2 Å². The predicted octanol–water partition coefficient (Wildman–Crippen LogP) is 4.35. The Morgan fingerprint density at radius 1 is 1.28 bits per heavy atom. The van der Waals surface area contributed by atoms with Crippen molar-refractivity contribution in [1.29, 1.82) is 5.26 Å². The first-order valence-corrected chi connectivity index (χ1v) is 9.58. The van der Waals surface area contributed by atoms with Gasteiger partial charge in [-0.3, -0.25) is 0 Å². The molecule has 0 spiro atoms. The Hall–Kier alpha value is -3.59. The Balaban J connectivity index is 1.68. The van der Waals surface area contributed by atoms with E-state index in [9.17, 15) is 10.1 Å². The van der Waals surface area contributed by atoms with Crippen molar-refractivity contribution in [3.05, 3.63) is 76.9 Å².